The SMILES string of the molecule is CC(C)(C)OC(=O)[C@@H](Cc1ccc2ccccc2c1)Cc1cccc2ccccc12. The monoisotopic (exact) mass is 396 g/mol. The third-order valence-corrected chi connectivity index (χ3v) is 5.38. The Labute approximate surface area is 178 Å². The molecular formula is C28H28O2. The third-order valence-electron chi connectivity index (χ3n) is 5.38. The normalized spacial score (nSPS) is 12.8. The Morgan fingerprint density at radius 3 is 2.20 bits per heavy atom. The highest BCUT2D eigenvalue weighted by Crippen LogP contribution is 2.26. The van der Waals surface area contributed by atoms with Crippen molar-refractivity contribution in [1.82, 2.24) is 0 Å². The summed E-state index contributed by atoms with van der Waals surface area (Å²) in [6.07, 6.45) is 1.31. The quantitative estimate of drug-likeness (QED) is 0.349. The smallest absolute Gasteiger partial charge is 0.310 e. The van der Waals surface area contributed by atoms with Crippen LogP contribution in [0.1, 0.15) is 31.9 Å². The molecule has 0 spiro atoms. The molecule has 4 rings (SSSR count). The fourth-order valence-electron chi connectivity index (χ4n) is 4.01. The van der Waals surface area contributed by atoms with Gasteiger partial charge in [-0.15, -0.1) is 0 Å². The van der Waals surface area contributed by atoms with Gasteiger partial charge in [-0.3, -0.25) is 4.79 Å². The Hall–Kier alpha value is -3.13. The Kier molecular flexibility index (Phi) is 5.59. The van der Waals surface area contributed by atoms with Crippen molar-refractivity contribution >= 4 is 27.5 Å². The van der Waals surface area contributed by atoms with Crippen LogP contribution in [0.15, 0.2) is 84.9 Å². The molecule has 0 fully saturated rings. The summed E-state index contributed by atoms with van der Waals surface area (Å²) in [4.78, 5) is 13.1. The summed E-state index contributed by atoms with van der Waals surface area (Å²) in [6.45, 7) is 5.78. The van der Waals surface area contributed by atoms with E-state index in [1.807, 2.05) is 39.0 Å². The molecule has 0 saturated carbocycles. The zero-order valence-corrected chi connectivity index (χ0v) is 17.9. The molecule has 1 atom stereocenters. The van der Waals surface area contributed by atoms with E-state index in [4.69, 9.17) is 4.74 Å². The third kappa shape index (κ3) is 4.71. The molecule has 0 aromatic heterocycles. The van der Waals surface area contributed by atoms with Gasteiger partial charge in [0.15, 0.2) is 0 Å². The van der Waals surface area contributed by atoms with Gasteiger partial charge in [-0.05, 0) is 66.3 Å². The number of ether oxygens (including phenoxy) is 1. The number of carbonyl (C=O) groups excluding carboxylic acids is 1. The molecule has 2 heteroatoms. The van der Waals surface area contributed by atoms with Gasteiger partial charge in [-0.2, -0.15) is 0 Å². The predicted molar refractivity (Wildman–Crippen MR) is 125 cm³/mol. The average Bonchev–Trinajstić information content (AvgIpc) is 2.72. The summed E-state index contributed by atoms with van der Waals surface area (Å²) in [5.74, 6) is -0.375. The Bertz CT molecular complexity index is 1180. The maximum atomic E-state index is 13.1. The van der Waals surface area contributed by atoms with Gasteiger partial charge in [0.2, 0.25) is 0 Å². The molecule has 152 valence electrons. The van der Waals surface area contributed by atoms with E-state index < -0.39 is 5.60 Å². The highest BCUT2D eigenvalue weighted by molar-refractivity contribution is 5.86. The molecule has 0 aliphatic carbocycles. The fraction of sp³-hybridized carbons (Fsp3) is 0.250. The molecule has 0 bridgehead atoms. The van der Waals surface area contributed by atoms with E-state index in [0.29, 0.717) is 12.8 Å². The topological polar surface area (TPSA) is 26.3 Å². The number of carbonyl (C=O) groups is 1. The summed E-state index contributed by atoms with van der Waals surface area (Å²) in [7, 11) is 0. The second kappa shape index (κ2) is 8.31. The first kappa shape index (κ1) is 20.2. The number of rotatable bonds is 5. The van der Waals surface area contributed by atoms with E-state index >= 15 is 0 Å². The molecule has 4 aromatic rings. The lowest BCUT2D eigenvalue weighted by Crippen LogP contribution is -2.31. The zero-order valence-electron chi connectivity index (χ0n) is 17.9. The summed E-state index contributed by atoms with van der Waals surface area (Å²) in [5.41, 5.74) is 1.84. The summed E-state index contributed by atoms with van der Waals surface area (Å²) < 4.78 is 5.80. The van der Waals surface area contributed by atoms with Gasteiger partial charge in [-0.1, -0.05) is 84.9 Å². The van der Waals surface area contributed by atoms with Gasteiger partial charge in [0.05, 0.1) is 5.92 Å². The van der Waals surface area contributed by atoms with Crippen molar-refractivity contribution in [2.75, 3.05) is 0 Å². The van der Waals surface area contributed by atoms with Crippen LogP contribution in [-0.2, 0) is 22.4 Å². The van der Waals surface area contributed by atoms with Crippen molar-refractivity contribution < 1.29 is 9.53 Å². The number of benzene rings is 4. The van der Waals surface area contributed by atoms with E-state index in [-0.39, 0.29) is 11.9 Å². The molecule has 0 aliphatic rings. The van der Waals surface area contributed by atoms with Gasteiger partial charge in [-0.25, -0.2) is 0 Å². The zero-order chi connectivity index (χ0) is 21.1. The number of fused-ring (bicyclic) bond motifs is 2. The number of esters is 1. The Morgan fingerprint density at radius 2 is 1.43 bits per heavy atom. The second-order valence-corrected chi connectivity index (χ2v) is 8.96. The van der Waals surface area contributed by atoms with Crippen molar-refractivity contribution in [3.05, 3.63) is 96.1 Å². The van der Waals surface area contributed by atoms with Crippen molar-refractivity contribution in [3.63, 3.8) is 0 Å². The molecule has 2 nitrogen and oxygen atoms in total. The summed E-state index contributed by atoms with van der Waals surface area (Å²) >= 11 is 0. The first-order valence-corrected chi connectivity index (χ1v) is 10.6. The van der Waals surface area contributed by atoms with E-state index in [1.165, 1.54) is 27.1 Å². The minimum atomic E-state index is -0.503. The Balaban J connectivity index is 1.67. The lowest BCUT2D eigenvalue weighted by Gasteiger charge is -2.24. The number of hydrogen-bond acceptors (Lipinski definition) is 2. The van der Waals surface area contributed by atoms with Crippen LogP contribution in [0.3, 0.4) is 0 Å². The van der Waals surface area contributed by atoms with Gasteiger partial charge in [0.1, 0.15) is 5.60 Å². The molecule has 0 heterocycles. The van der Waals surface area contributed by atoms with Crippen LogP contribution in [0.2, 0.25) is 0 Å². The first-order chi connectivity index (χ1) is 14.4. The minimum Gasteiger partial charge on any atom is -0.460 e. The number of hydrogen-bond donors (Lipinski definition) is 0. The van der Waals surface area contributed by atoms with Crippen molar-refractivity contribution in [1.29, 1.82) is 0 Å². The van der Waals surface area contributed by atoms with Gasteiger partial charge in [0, 0.05) is 0 Å². The van der Waals surface area contributed by atoms with Crippen molar-refractivity contribution in [2.45, 2.75) is 39.2 Å². The van der Waals surface area contributed by atoms with Gasteiger partial charge in [0.25, 0.3) is 0 Å². The second-order valence-electron chi connectivity index (χ2n) is 8.96. The van der Waals surface area contributed by atoms with E-state index in [9.17, 15) is 4.79 Å². The highest BCUT2D eigenvalue weighted by Gasteiger charge is 2.26. The van der Waals surface area contributed by atoms with Crippen molar-refractivity contribution in [3.8, 4) is 0 Å². The van der Waals surface area contributed by atoms with Crippen LogP contribution in [0.5, 0.6) is 0 Å². The standard InChI is InChI=1S/C28H28O2/c1-28(2,3)30-27(29)25(18-20-15-16-21-9-4-5-11-23(21)17-20)19-24-13-8-12-22-10-6-7-14-26(22)24/h4-17,25H,18-19H2,1-3H3/t25-/m0/s1. The summed E-state index contributed by atoms with van der Waals surface area (Å²) in [5, 5.41) is 4.81. The molecule has 30 heavy (non-hydrogen) atoms. The van der Waals surface area contributed by atoms with Gasteiger partial charge < -0.3 is 4.74 Å². The molecule has 0 amide bonds. The van der Waals surface area contributed by atoms with Gasteiger partial charge >= 0.3 is 5.97 Å². The highest BCUT2D eigenvalue weighted by atomic mass is 16.6. The molecule has 0 aliphatic heterocycles. The fourth-order valence-corrected chi connectivity index (χ4v) is 4.01. The van der Waals surface area contributed by atoms with Crippen LogP contribution in [0.25, 0.3) is 21.5 Å². The van der Waals surface area contributed by atoms with Crippen LogP contribution >= 0.6 is 0 Å². The largest absolute Gasteiger partial charge is 0.460 e. The molecule has 0 N–H and O–H groups in total. The van der Waals surface area contributed by atoms with Crippen molar-refractivity contribution in [2.24, 2.45) is 5.92 Å². The lowest BCUT2D eigenvalue weighted by atomic mass is 9.89. The molecule has 0 radical (unpaired) electrons. The van der Waals surface area contributed by atoms with Crippen LogP contribution in [0, 0.1) is 5.92 Å². The maximum absolute atomic E-state index is 13.1. The molecule has 0 saturated heterocycles. The molecule has 0 unspecified atom stereocenters. The van der Waals surface area contributed by atoms with E-state index in [2.05, 4.69) is 66.7 Å². The maximum Gasteiger partial charge on any atom is 0.310 e. The minimum absolute atomic E-state index is 0.136. The van der Waals surface area contributed by atoms with E-state index in [1.54, 1.807) is 0 Å². The first-order valence-electron chi connectivity index (χ1n) is 10.6. The van der Waals surface area contributed by atoms with Crippen LogP contribution < -0.4 is 0 Å². The van der Waals surface area contributed by atoms with E-state index in [0.717, 1.165) is 5.56 Å². The predicted octanol–water partition coefficient (Wildman–Crippen LogP) is 6.74. The molecule has 4 aromatic carbocycles. The lowest BCUT2D eigenvalue weighted by molar-refractivity contribution is -0.159. The molecular weight excluding hydrogens is 368 g/mol. The summed E-state index contributed by atoms with van der Waals surface area (Å²) in [6, 6.07) is 29.4. The van der Waals surface area contributed by atoms with Crippen LogP contribution in [0.4, 0.5) is 0 Å². The average molecular weight is 397 g/mol. The van der Waals surface area contributed by atoms with Crippen LogP contribution in [-0.4, -0.2) is 11.6 Å². The Morgan fingerprint density at radius 1 is 0.767 bits per heavy atom.